The number of nitrogens with two attached hydrogens (primary N) is 1. The molecule has 2 aromatic rings. The fraction of sp³-hybridized carbons (Fsp3) is 0.143. The molecule has 2 rings (SSSR count). The van der Waals surface area contributed by atoms with Gasteiger partial charge < -0.3 is 10.5 Å². The molecule has 2 aromatic carbocycles. The number of hydrogen-bond acceptors (Lipinski definition) is 3. The first-order valence-electron chi connectivity index (χ1n) is 5.66. The smallest absolute Gasteiger partial charge is 0.123 e. The van der Waals surface area contributed by atoms with E-state index in [-0.39, 0.29) is 11.6 Å². The predicted molar refractivity (Wildman–Crippen MR) is 73.9 cm³/mol. The predicted octanol–water partition coefficient (Wildman–Crippen LogP) is 2.72. The number of ether oxygens (including phenoxy) is 1. The lowest BCUT2D eigenvalue weighted by Gasteiger charge is -2.07. The summed E-state index contributed by atoms with van der Waals surface area (Å²) in [4.78, 5) is 0.657. The van der Waals surface area contributed by atoms with Crippen LogP contribution in [0, 0.1) is 5.82 Å². The average Bonchev–Trinajstić information content (AvgIpc) is 2.43. The summed E-state index contributed by atoms with van der Waals surface area (Å²) in [6, 6.07) is 11.0. The van der Waals surface area contributed by atoms with E-state index in [2.05, 4.69) is 0 Å². The van der Waals surface area contributed by atoms with Gasteiger partial charge in [0.1, 0.15) is 11.6 Å². The van der Waals surface area contributed by atoms with Gasteiger partial charge in [0.15, 0.2) is 0 Å². The van der Waals surface area contributed by atoms with Gasteiger partial charge in [-0.05, 0) is 48.0 Å². The zero-order chi connectivity index (χ0) is 13.8. The zero-order valence-electron chi connectivity index (χ0n) is 10.4. The molecule has 1 atom stereocenters. The molecular weight excluding hydrogens is 265 g/mol. The van der Waals surface area contributed by atoms with E-state index in [0.717, 1.165) is 0 Å². The Morgan fingerprint density at radius 2 is 1.89 bits per heavy atom. The maximum atomic E-state index is 13.1. The van der Waals surface area contributed by atoms with Crippen molar-refractivity contribution in [1.82, 2.24) is 0 Å². The number of halogens is 1. The van der Waals surface area contributed by atoms with Crippen molar-refractivity contribution in [3.8, 4) is 5.75 Å². The van der Waals surface area contributed by atoms with E-state index >= 15 is 0 Å². The molecule has 0 saturated carbocycles. The zero-order valence-corrected chi connectivity index (χ0v) is 11.2. The summed E-state index contributed by atoms with van der Waals surface area (Å²) in [5, 5.41) is 0. The standard InChI is InChI=1S/C14H14FNO2S/c1-18-12-3-5-13(6-4-12)19(17)9-10-8-11(15)2-7-14(10)16/h2-8H,9,16H2,1H3. The van der Waals surface area contributed by atoms with E-state index in [1.54, 1.807) is 31.4 Å². The molecule has 0 heterocycles. The highest BCUT2D eigenvalue weighted by Crippen LogP contribution is 2.20. The van der Waals surface area contributed by atoms with Crippen LogP contribution < -0.4 is 10.5 Å². The van der Waals surface area contributed by atoms with Gasteiger partial charge in [0.25, 0.3) is 0 Å². The molecule has 0 aliphatic carbocycles. The van der Waals surface area contributed by atoms with Gasteiger partial charge in [0.2, 0.25) is 0 Å². The minimum atomic E-state index is -1.27. The molecule has 0 radical (unpaired) electrons. The van der Waals surface area contributed by atoms with Crippen molar-refractivity contribution < 1.29 is 13.3 Å². The minimum absolute atomic E-state index is 0.190. The fourth-order valence-electron chi connectivity index (χ4n) is 1.65. The molecule has 19 heavy (non-hydrogen) atoms. The Morgan fingerprint density at radius 1 is 1.21 bits per heavy atom. The van der Waals surface area contributed by atoms with Crippen LogP contribution in [0.3, 0.4) is 0 Å². The molecule has 0 fully saturated rings. The topological polar surface area (TPSA) is 52.3 Å². The third-order valence-electron chi connectivity index (χ3n) is 2.71. The maximum absolute atomic E-state index is 13.1. The van der Waals surface area contributed by atoms with Gasteiger partial charge in [-0.15, -0.1) is 0 Å². The monoisotopic (exact) mass is 279 g/mol. The van der Waals surface area contributed by atoms with E-state index in [1.807, 2.05) is 0 Å². The summed E-state index contributed by atoms with van der Waals surface area (Å²) in [5.74, 6) is 0.512. The Bertz CT molecular complexity index is 599. The van der Waals surface area contributed by atoms with Crippen LogP contribution in [0.15, 0.2) is 47.4 Å². The van der Waals surface area contributed by atoms with Gasteiger partial charge in [-0.1, -0.05) is 0 Å². The number of rotatable bonds is 4. The van der Waals surface area contributed by atoms with Crippen molar-refractivity contribution >= 4 is 16.5 Å². The lowest BCUT2D eigenvalue weighted by molar-refractivity contribution is 0.414. The van der Waals surface area contributed by atoms with Crippen molar-refractivity contribution in [2.45, 2.75) is 10.6 Å². The highest BCUT2D eigenvalue weighted by molar-refractivity contribution is 7.84. The number of hydrogen-bond donors (Lipinski definition) is 1. The van der Waals surface area contributed by atoms with Crippen molar-refractivity contribution in [2.24, 2.45) is 0 Å². The summed E-state index contributed by atoms with van der Waals surface area (Å²) >= 11 is 0. The summed E-state index contributed by atoms with van der Waals surface area (Å²) in [6.07, 6.45) is 0. The van der Waals surface area contributed by atoms with Crippen LogP contribution in [0.5, 0.6) is 5.75 Å². The minimum Gasteiger partial charge on any atom is -0.497 e. The van der Waals surface area contributed by atoms with Gasteiger partial charge in [0.05, 0.1) is 23.7 Å². The number of methoxy groups -OCH3 is 1. The van der Waals surface area contributed by atoms with Crippen LogP contribution in [0.4, 0.5) is 10.1 Å². The lowest BCUT2D eigenvalue weighted by Crippen LogP contribution is -2.01. The van der Waals surface area contributed by atoms with E-state index in [0.29, 0.717) is 21.9 Å². The van der Waals surface area contributed by atoms with Crippen LogP contribution in [0.1, 0.15) is 5.56 Å². The summed E-state index contributed by atoms with van der Waals surface area (Å²) < 4.78 is 30.3. The molecule has 1 unspecified atom stereocenters. The van der Waals surface area contributed by atoms with Crippen LogP contribution >= 0.6 is 0 Å². The van der Waals surface area contributed by atoms with Crippen LogP contribution in [-0.4, -0.2) is 11.3 Å². The second-order valence-corrected chi connectivity index (χ2v) is 5.46. The van der Waals surface area contributed by atoms with Crippen LogP contribution in [0.2, 0.25) is 0 Å². The number of anilines is 1. The Kier molecular flexibility index (Phi) is 4.16. The Labute approximate surface area is 113 Å². The van der Waals surface area contributed by atoms with Crippen molar-refractivity contribution in [1.29, 1.82) is 0 Å². The quantitative estimate of drug-likeness (QED) is 0.875. The second kappa shape index (κ2) is 5.84. The first-order valence-corrected chi connectivity index (χ1v) is 6.98. The van der Waals surface area contributed by atoms with E-state index in [9.17, 15) is 8.60 Å². The molecule has 3 nitrogen and oxygen atoms in total. The highest BCUT2D eigenvalue weighted by atomic mass is 32.2. The summed E-state index contributed by atoms with van der Waals surface area (Å²) in [5.41, 5.74) is 6.74. The molecule has 100 valence electrons. The molecule has 0 amide bonds. The molecule has 5 heteroatoms. The van der Waals surface area contributed by atoms with Gasteiger partial charge in [-0.25, -0.2) is 4.39 Å². The van der Waals surface area contributed by atoms with Crippen molar-refractivity contribution in [3.05, 3.63) is 53.8 Å². The third kappa shape index (κ3) is 3.32. The Hall–Kier alpha value is -1.88. The Balaban J connectivity index is 2.18. The van der Waals surface area contributed by atoms with Gasteiger partial charge >= 0.3 is 0 Å². The fourth-order valence-corrected chi connectivity index (χ4v) is 2.79. The second-order valence-electron chi connectivity index (χ2n) is 4.01. The van der Waals surface area contributed by atoms with Crippen molar-refractivity contribution in [2.75, 3.05) is 12.8 Å². The SMILES string of the molecule is COc1ccc(S(=O)Cc2cc(F)ccc2N)cc1. The normalized spacial score (nSPS) is 12.1. The van der Waals surface area contributed by atoms with Gasteiger partial charge in [-0.2, -0.15) is 0 Å². The van der Waals surface area contributed by atoms with Crippen LogP contribution in [-0.2, 0) is 16.6 Å². The number of nitrogen functional groups attached to an aromatic ring is 1. The molecule has 2 N–H and O–H groups in total. The molecule has 0 aliphatic heterocycles. The van der Waals surface area contributed by atoms with E-state index in [4.69, 9.17) is 10.5 Å². The maximum Gasteiger partial charge on any atom is 0.123 e. The molecule has 0 saturated heterocycles. The van der Waals surface area contributed by atoms with E-state index < -0.39 is 10.8 Å². The summed E-state index contributed by atoms with van der Waals surface area (Å²) in [6.45, 7) is 0. The third-order valence-corrected chi connectivity index (χ3v) is 4.09. The van der Waals surface area contributed by atoms with Gasteiger partial charge in [-0.3, -0.25) is 4.21 Å². The molecule has 0 aliphatic rings. The number of benzene rings is 2. The summed E-state index contributed by atoms with van der Waals surface area (Å²) in [7, 11) is 0.303. The van der Waals surface area contributed by atoms with Crippen molar-refractivity contribution in [3.63, 3.8) is 0 Å². The van der Waals surface area contributed by atoms with E-state index in [1.165, 1.54) is 18.2 Å². The Morgan fingerprint density at radius 3 is 2.53 bits per heavy atom. The lowest BCUT2D eigenvalue weighted by atomic mass is 10.2. The van der Waals surface area contributed by atoms with Crippen LogP contribution in [0.25, 0.3) is 0 Å². The van der Waals surface area contributed by atoms with Gasteiger partial charge in [0, 0.05) is 10.6 Å². The molecule has 0 aromatic heterocycles. The largest absolute Gasteiger partial charge is 0.497 e. The average molecular weight is 279 g/mol. The first kappa shape index (κ1) is 13.5. The molecule has 0 bridgehead atoms. The molecular formula is C14H14FNO2S. The highest BCUT2D eigenvalue weighted by Gasteiger charge is 2.09. The molecule has 0 spiro atoms. The first-order chi connectivity index (χ1) is 9.10.